The fraction of sp³-hybridized carbons (Fsp3) is 0.462. The van der Waals surface area contributed by atoms with E-state index in [0.29, 0.717) is 12.1 Å². The van der Waals surface area contributed by atoms with Gasteiger partial charge in [-0.15, -0.1) is 0 Å². The number of nitrogens with two attached hydrogens (primary N) is 1. The van der Waals surface area contributed by atoms with Crippen LogP contribution in [0.1, 0.15) is 18.1 Å². The van der Waals surface area contributed by atoms with Crippen molar-refractivity contribution in [2.45, 2.75) is 19.6 Å². The fourth-order valence-electron chi connectivity index (χ4n) is 1.83. The highest BCUT2D eigenvalue weighted by Crippen LogP contribution is 2.37. The first-order chi connectivity index (χ1) is 9.33. The van der Waals surface area contributed by atoms with Crippen LogP contribution in [0.5, 0.6) is 0 Å². The topological polar surface area (TPSA) is 58.4 Å². The van der Waals surface area contributed by atoms with Gasteiger partial charge in [-0.3, -0.25) is 4.79 Å². The summed E-state index contributed by atoms with van der Waals surface area (Å²) < 4.78 is 39.3. The molecular formula is C13H18F3N3O. The second kappa shape index (κ2) is 6.60. The second-order valence-corrected chi connectivity index (χ2v) is 4.24. The van der Waals surface area contributed by atoms with Gasteiger partial charge in [0.2, 0.25) is 5.91 Å². The van der Waals surface area contributed by atoms with Crippen LogP contribution in [-0.2, 0) is 17.5 Å². The smallest absolute Gasteiger partial charge is 0.362 e. The van der Waals surface area contributed by atoms with E-state index < -0.39 is 11.7 Å². The summed E-state index contributed by atoms with van der Waals surface area (Å²) in [5.74, 6) is -0.345. The Morgan fingerprint density at radius 2 is 2.05 bits per heavy atom. The number of hydrogen-bond acceptors (Lipinski definition) is 3. The molecule has 20 heavy (non-hydrogen) atoms. The monoisotopic (exact) mass is 289 g/mol. The first-order valence-corrected chi connectivity index (χ1v) is 6.19. The maximum atomic E-state index is 13.1. The van der Waals surface area contributed by atoms with Gasteiger partial charge < -0.3 is 16.0 Å². The number of halogens is 3. The van der Waals surface area contributed by atoms with E-state index in [1.807, 2.05) is 0 Å². The number of rotatable bonds is 5. The molecule has 0 heterocycles. The number of likely N-dealkylation sites (N-methyl/N-ethyl adjacent to an activating group) is 2. The lowest BCUT2D eigenvalue weighted by atomic mass is 10.1. The van der Waals surface area contributed by atoms with Gasteiger partial charge in [-0.25, -0.2) is 0 Å². The number of hydrogen-bond donors (Lipinski definition) is 2. The van der Waals surface area contributed by atoms with Crippen LogP contribution in [0.15, 0.2) is 18.2 Å². The lowest BCUT2D eigenvalue weighted by molar-refractivity contribution is -0.137. The van der Waals surface area contributed by atoms with Gasteiger partial charge in [0.15, 0.2) is 0 Å². The second-order valence-electron chi connectivity index (χ2n) is 4.24. The third-order valence-electron chi connectivity index (χ3n) is 2.94. The molecule has 1 rings (SSSR count). The van der Waals surface area contributed by atoms with Crippen LogP contribution in [0.25, 0.3) is 0 Å². The van der Waals surface area contributed by atoms with Crippen LogP contribution in [0, 0.1) is 0 Å². The molecule has 0 aliphatic rings. The van der Waals surface area contributed by atoms with Gasteiger partial charge in [-0.2, -0.15) is 13.2 Å². The van der Waals surface area contributed by atoms with E-state index in [0.717, 1.165) is 6.07 Å². The lowest BCUT2D eigenvalue weighted by Crippen LogP contribution is -2.36. The first kappa shape index (κ1) is 16.3. The summed E-state index contributed by atoms with van der Waals surface area (Å²) in [5.41, 5.74) is 4.99. The Hall–Kier alpha value is -1.76. The quantitative estimate of drug-likeness (QED) is 0.868. The van der Waals surface area contributed by atoms with Crippen LogP contribution in [-0.4, -0.2) is 26.0 Å². The standard InChI is InChI=1S/C13H18F3N3O/c1-3-19(8-12(20)18-2)11-5-4-9(7-17)6-10(11)13(14,15)16/h4-6H,3,7-8,17H2,1-2H3,(H,18,20). The molecule has 112 valence electrons. The maximum absolute atomic E-state index is 13.1. The van der Waals surface area contributed by atoms with Gasteiger partial charge in [0.05, 0.1) is 12.1 Å². The number of nitrogens with zero attached hydrogens (tertiary/aromatic N) is 1. The van der Waals surface area contributed by atoms with E-state index >= 15 is 0 Å². The normalized spacial score (nSPS) is 11.3. The molecule has 1 aromatic carbocycles. The Morgan fingerprint density at radius 3 is 2.50 bits per heavy atom. The minimum Gasteiger partial charge on any atom is -0.362 e. The Labute approximate surface area is 115 Å². The summed E-state index contributed by atoms with van der Waals surface area (Å²) in [7, 11) is 1.44. The average molecular weight is 289 g/mol. The van der Waals surface area contributed by atoms with Crippen LogP contribution < -0.4 is 16.0 Å². The molecule has 1 aromatic rings. The predicted molar refractivity (Wildman–Crippen MR) is 71.3 cm³/mol. The van der Waals surface area contributed by atoms with E-state index in [-0.39, 0.29) is 24.7 Å². The highest BCUT2D eigenvalue weighted by atomic mass is 19.4. The molecule has 0 bridgehead atoms. The van der Waals surface area contributed by atoms with E-state index in [1.165, 1.54) is 24.1 Å². The third-order valence-corrected chi connectivity index (χ3v) is 2.94. The van der Waals surface area contributed by atoms with Gasteiger partial charge in [0.1, 0.15) is 0 Å². The molecule has 3 N–H and O–H groups in total. The van der Waals surface area contributed by atoms with Crippen molar-refractivity contribution in [1.29, 1.82) is 0 Å². The number of nitrogens with one attached hydrogen (secondary N) is 1. The molecule has 0 radical (unpaired) electrons. The summed E-state index contributed by atoms with van der Waals surface area (Å²) in [5, 5.41) is 2.40. The van der Waals surface area contributed by atoms with Gasteiger partial charge in [-0.05, 0) is 24.6 Å². The van der Waals surface area contributed by atoms with E-state index in [1.54, 1.807) is 6.92 Å². The van der Waals surface area contributed by atoms with Gasteiger partial charge >= 0.3 is 6.18 Å². The molecule has 0 spiro atoms. The van der Waals surface area contributed by atoms with Crippen molar-refractivity contribution in [1.82, 2.24) is 5.32 Å². The third kappa shape index (κ3) is 3.86. The van der Waals surface area contributed by atoms with Crippen LogP contribution in [0.4, 0.5) is 18.9 Å². The minimum atomic E-state index is -4.49. The number of amides is 1. The summed E-state index contributed by atoms with van der Waals surface area (Å²) in [6.07, 6.45) is -4.49. The number of carbonyl (C=O) groups excluding carboxylic acids is 1. The lowest BCUT2D eigenvalue weighted by Gasteiger charge is -2.26. The average Bonchev–Trinajstić information content (AvgIpc) is 2.42. The molecule has 4 nitrogen and oxygen atoms in total. The highest BCUT2D eigenvalue weighted by Gasteiger charge is 2.35. The SMILES string of the molecule is CCN(CC(=O)NC)c1ccc(CN)cc1C(F)(F)F. The van der Waals surface area contributed by atoms with E-state index in [2.05, 4.69) is 5.32 Å². The number of alkyl halides is 3. The Morgan fingerprint density at radius 1 is 1.40 bits per heavy atom. The van der Waals surface area contributed by atoms with Crippen molar-refractivity contribution in [2.24, 2.45) is 5.73 Å². The van der Waals surface area contributed by atoms with Crippen molar-refractivity contribution in [3.05, 3.63) is 29.3 Å². The molecule has 0 aromatic heterocycles. The molecule has 0 saturated heterocycles. The molecule has 1 amide bonds. The molecule has 0 fully saturated rings. The van der Waals surface area contributed by atoms with Crippen molar-refractivity contribution in [2.75, 3.05) is 25.0 Å². The minimum absolute atomic E-state index is 0.0131. The van der Waals surface area contributed by atoms with Crippen molar-refractivity contribution < 1.29 is 18.0 Å². The molecule has 0 saturated carbocycles. The van der Waals surface area contributed by atoms with Crippen LogP contribution in [0.3, 0.4) is 0 Å². The largest absolute Gasteiger partial charge is 0.418 e. The predicted octanol–water partition coefficient (Wildman–Crippen LogP) is 1.74. The zero-order valence-corrected chi connectivity index (χ0v) is 11.4. The van der Waals surface area contributed by atoms with Crippen LogP contribution >= 0.6 is 0 Å². The molecule has 7 heteroatoms. The summed E-state index contributed by atoms with van der Waals surface area (Å²) in [4.78, 5) is 12.8. The summed E-state index contributed by atoms with van der Waals surface area (Å²) in [6.45, 7) is 1.89. The molecule has 0 aliphatic carbocycles. The zero-order valence-electron chi connectivity index (χ0n) is 11.4. The van der Waals surface area contributed by atoms with E-state index in [9.17, 15) is 18.0 Å². The maximum Gasteiger partial charge on any atom is 0.418 e. The Balaban J connectivity index is 3.23. The molecule has 0 atom stereocenters. The van der Waals surface area contributed by atoms with Crippen LogP contribution in [0.2, 0.25) is 0 Å². The number of benzene rings is 1. The van der Waals surface area contributed by atoms with E-state index in [4.69, 9.17) is 5.73 Å². The zero-order chi connectivity index (χ0) is 15.3. The first-order valence-electron chi connectivity index (χ1n) is 6.19. The number of carbonyl (C=O) groups is 1. The number of anilines is 1. The van der Waals surface area contributed by atoms with Crippen molar-refractivity contribution in [3.63, 3.8) is 0 Å². The fourth-order valence-corrected chi connectivity index (χ4v) is 1.83. The summed E-state index contributed by atoms with van der Waals surface area (Å²) in [6, 6.07) is 3.93. The summed E-state index contributed by atoms with van der Waals surface area (Å²) >= 11 is 0. The van der Waals surface area contributed by atoms with Gasteiger partial charge in [-0.1, -0.05) is 6.07 Å². The molecule has 0 unspecified atom stereocenters. The molecule has 0 aliphatic heterocycles. The highest BCUT2D eigenvalue weighted by molar-refractivity contribution is 5.81. The van der Waals surface area contributed by atoms with Crippen molar-refractivity contribution in [3.8, 4) is 0 Å². The van der Waals surface area contributed by atoms with Gasteiger partial charge in [0, 0.05) is 25.8 Å². The Kier molecular flexibility index (Phi) is 5.38. The van der Waals surface area contributed by atoms with Gasteiger partial charge in [0.25, 0.3) is 0 Å². The molecular weight excluding hydrogens is 271 g/mol. The van der Waals surface area contributed by atoms with Crippen molar-refractivity contribution >= 4 is 11.6 Å². The Bertz CT molecular complexity index is 474.